The molecular weight excluding hydrogens is 170 g/mol. The monoisotopic (exact) mass is 187 g/mol. The first-order chi connectivity index (χ1) is 6.22. The maximum absolute atomic E-state index is 11.0. The zero-order valence-corrected chi connectivity index (χ0v) is 8.19. The normalized spacial score (nSPS) is 19.5. The maximum Gasteiger partial charge on any atom is 0.409 e. The van der Waals surface area contributed by atoms with Crippen LogP contribution >= 0.6 is 0 Å². The molecule has 0 spiro atoms. The second kappa shape index (κ2) is 4.46. The van der Waals surface area contributed by atoms with Gasteiger partial charge in [0, 0.05) is 19.7 Å². The lowest BCUT2D eigenvalue weighted by Gasteiger charge is -2.41. The summed E-state index contributed by atoms with van der Waals surface area (Å²) in [7, 11) is 1.39. The van der Waals surface area contributed by atoms with E-state index in [1.54, 1.807) is 4.90 Å². The number of aliphatic hydroxyl groups excluding tert-OH is 1. The minimum Gasteiger partial charge on any atom is -0.453 e. The fourth-order valence-corrected chi connectivity index (χ4v) is 1.70. The van der Waals surface area contributed by atoms with Crippen molar-refractivity contribution >= 4 is 6.09 Å². The Balaban J connectivity index is 2.28. The van der Waals surface area contributed by atoms with Crippen LogP contribution in [0.25, 0.3) is 0 Å². The summed E-state index contributed by atoms with van der Waals surface area (Å²) in [5, 5.41) is 9.01. The Morgan fingerprint density at radius 2 is 2.31 bits per heavy atom. The highest BCUT2D eigenvalue weighted by atomic mass is 16.5. The Hall–Kier alpha value is -0.770. The lowest BCUT2D eigenvalue weighted by Crippen LogP contribution is -2.53. The lowest BCUT2D eigenvalue weighted by atomic mass is 9.85. The first kappa shape index (κ1) is 10.3. The molecule has 4 heteroatoms. The zero-order chi connectivity index (χ0) is 9.84. The standard InChI is InChI=1S/C9H17NO3/c1-3-7(6-11)8-4-10(5-8)9(12)13-2/h7-8,11H,3-6H2,1-2H3. The Kier molecular flexibility index (Phi) is 3.54. The summed E-state index contributed by atoms with van der Waals surface area (Å²) in [5.74, 6) is 0.787. The Morgan fingerprint density at radius 3 is 2.69 bits per heavy atom. The molecule has 1 atom stereocenters. The van der Waals surface area contributed by atoms with Crippen molar-refractivity contribution in [1.29, 1.82) is 0 Å². The van der Waals surface area contributed by atoms with Crippen molar-refractivity contribution < 1.29 is 14.6 Å². The van der Waals surface area contributed by atoms with Crippen molar-refractivity contribution in [2.45, 2.75) is 13.3 Å². The fourth-order valence-electron chi connectivity index (χ4n) is 1.70. The molecule has 1 fully saturated rings. The summed E-state index contributed by atoms with van der Waals surface area (Å²) < 4.78 is 4.57. The molecule has 76 valence electrons. The molecule has 1 amide bonds. The summed E-state index contributed by atoms with van der Waals surface area (Å²) in [6, 6.07) is 0. The number of ether oxygens (including phenoxy) is 1. The highest BCUT2D eigenvalue weighted by molar-refractivity contribution is 5.68. The number of likely N-dealkylation sites (tertiary alicyclic amines) is 1. The van der Waals surface area contributed by atoms with Gasteiger partial charge in [-0.2, -0.15) is 0 Å². The van der Waals surface area contributed by atoms with Crippen LogP contribution in [0.3, 0.4) is 0 Å². The van der Waals surface area contributed by atoms with Crippen LogP contribution in [0.1, 0.15) is 13.3 Å². The van der Waals surface area contributed by atoms with Gasteiger partial charge in [0.2, 0.25) is 0 Å². The van der Waals surface area contributed by atoms with Crippen LogP contribution in [0, 0.1) is 11.8 Å². The SMILES string of the molecule is CCC(CO)C1CN(C(=O)OC)C1. The second-order valence-corrected chi connectivity index (χ2v) is 3.49. The molecule has 1 aliphatic heterocycles. The third-order valence-electron chi connectivity index (χ3n) is 2.77. The van der Waals surface area contributed by atoms with Gasteiger partial charge < -0.3 is 14.7 Å². The molecular formula is C9H17NO3. The van der Waals surface area contributed by atoms with Crippen LogP contribution in [0.4, 0.5) is 4.79 Å². The van der Waals surface area contributed by atoms with Crippen molar-refractivity contribution in [3.8, 4) is 0 Å². The summed E-state index contributed by atoms with van der Waals surface area (Å²) in [5.41, 5.74) is 0. The third-order valence-corrected chi connectivity index (χ3v) is 2.77. The van der Waals surface area contributed by atoms with Crippen molar-refractivity contribution in [3.05, 3.63) is 0 Å². The van der Waals surface area contributed by atoms with Gasteiger partial charge in [0.25, 0.3) is 0 Å². The van der Waals surface area contributed by atoms with Crippen LogP contribution in [-0.2, 0) is 4.74 Å². The molecule has 1 saturated heterocycles. The molecule has 0 bridgehead atoms. The minimum absolute atomic E-state index is 0.218. The maximum atomic E-state index is 11.0. The number of aliphatic hydroxyl groups is 1. The van der Waals surface area contributed by atoms with E-state index in [9.17, 15) is 4.79 Å². The molecule has 13 heavy (non-hydrogen) atoms. The number of methoxy groups -OCH3 is 1. The molecule has 0 aromatic carbocycles. The fraction of sp³-hybridized carbons (Fsp3) is 0.889. The van der Waals surface area contributed by atoms with E-state index in [2.05, 4.69) is 11.7 Å². The van der Waals surface area contributed by atoms with Crippen LogP contribution in [-0.4, -0.2) is 42.9 Å². The summed E-state index contributed by atoms with van der Waals surface area (Å²) >= 11 is 0. The molecule has 0 radical (unpaired) electrons. The van der Waals surface area contributed by atoms with Crippen LogP contribution in [0.15, 0.2) is 0 Å². The van der Waals surface area contributed by atoms with Crippen LogP contribution in [0.5, 0.6) is 0 Å². The quantitative estimate of drug-likeness (QED) is 0.707. The number of carbonyl (C=O) groups excluding carboxylic acids is 1. The van der Waals surface area contributed by atoms with Crippen LogP contribution in [0.2, 0.25) is 0 Å². The van der Waals surface area contributed by atoms with Crippen molar-refractivity contribution in [1.82, 2.24) is 4.90 Å². The molecule has 4 nitrogen and oxygen atoms in total. The molecule has 1 aliphatic rings. The summed E-state index contributed by atoms with van der Waals surface area (Å²) in [6.45, 7) is 3.73. The molecule has 0 aromatic rings. The van der Waals surface area contributed by atoms with Gasteiger partial charge in [-0.1, -0.05) is 13.3 Å². The van der Waals surface area contributed by atoms with Gasteiger partial charge in [0.15, 0.2) is 0 Å². The van der Waals surface area contributed by atoms with E-state index in [1.165, 1.54) is 7.11 Å². The van der Waals surface area contributed by atoms with Gasteiger partial charge in [0.05, 0.1) is 7.11 Å². The number of hydrogen-bond acceptors (Lipinski definition) is 3. The first-order valence-electron chi connectivity index (χ1n) is 4.66. The zero-order valence-electron chi connectivity index (χ0n) is 8.19. The van der Waals surface area contributed by atoms with E-state index in [1.807, 2.05) is 0 Å². The van der Waals surface area contributed by atoms with E-state index < -0.39 is 0 Å². The number of amides is 1. The first-order valence-corrected chi connectivity index (χ1v) is 4.66. The van der Waals surface area contributed by atoms with Crippen molar-refractivity contribution in [3.63, 3.8) is 0 Å². The number of carbonyl (C=O) groups is 1. The second-order valence-electron chi connectivity index (χ2n) is 3.49. The smallest absolute Gasteiger partial charge is 0.409 e. The van der Waals surface area contributed by atoms with E-state index >= 15 is 0 Å². The van der Waals surface area contributed by atoms with E-state index in [0.29, 0.717) is 11.8 Å². The Morgan fingerprint density at radius 1 is 1.69 bits per heavy atom. The number of rotatable bonds is 3. The molecule has 1 unspecified atom stereocenters. The topological polar surface area (TPSA) is 49.8 Å². The van der Waals surface area contributed by atoms with Gasteiger partial charge in [-0.25, -0.2) is 4.79 Å². The highest BCUT2D eigenvalue weighted by Crippen LogP contribution is 2.26. The average Bonchev–Trinajstić information content (AvgIpc) is 2.09. The summed E-state index contributed by atoms with van der Waals surface area (Å²) in [6.07, 6.45) is 0.708. The van der Waals surface area contributed by atoms with Crippen molar-refractivity contribution in [2.24, 2.45) is 11.8 Å². The molecule has 1 rings (SSSR count). The minimum atomic E-state index is -0.260. The average molecular weight is 187 g/mol. The van der Waals surface area contributed by atoms with E-state index in [4.69, 9.17) is 5.11 Å². The molecule has 0 aromatic heterocycles. The molecule has 0 saturated carbocycles. The largest absolute Gasteiger partial charge is 0.453 e. The van der Waals surface area contributed by atoms with Gasteiger partial charge >= 0.3 is 6.09 Å². The van der Waals surface area contributed by atoms with Gasteiger partial charge in [-0.15, -0.1) is 0 Å². The molecule has 1 N–H and O–H groups in total. The van der Waals surface area contributed by atoms with Crippen LogP contribution < -0.4 is 0 Å². The highest BCUT2D eigenvalue weighted by Gasteiger charge is 2.35. The predicted octanol–water partition coefficient (Wildman–Crippen LogP) is 0.703. The number of hydrogen-bond donors (Lipinski definition) is 1. The number of nitrogens with zero attached hydrogens (tertiary/aromatic N) is 1. The molecule has 0 aliphatic carbocycles. The van der Waals surface area contributed by atoms with Gasteiger partial charge in [-0.3, -0.25) is 0 Å². The van der Waals surface area contributed by atoms with E-state index in [0.717, 1.165) is 19.5 Å². The summed E-state index contributed by atoms with van der Waals surface area (Å²) in [4.78, 5) is 12.6. The predicted molar refractivity (Wildman–Crippen MR) is 48.3 cm³/mol. The van der Waals surface area contributed by atoms with Gasteiger partial charge in [0.1, 0.15) is 0 Å². The Bertz CT molecular complexity index is 174. The molecule has 1 heterocycles. The van der Waals surface area contributed by atoms with E-state index in [-0.39, 0.29) is 12.7 Å². The van der Waals surface area contributed by atoms with Gasteiger partial charge in [-0.05, 0) is 11.8 Å². The lowest BCUT2D eigenvalue weighted by molar-refractivity contribution is 0.0269. The Labute approximate surface area is 78.5 Å². The third kappa shape index (κ3) is 2.12. The van der Waals surface area contributed by atoms with Crippen molar-refractivity contribution in [2.75, 3.05) is 26.8 Å².